The molecule has 0 aliphatic carbocycles. The highest BCUT2D eigenvalue weighted by molar-refractivity contribution is 14.0. The van der Waals surface area contributed by atoms with Gasteiger partial charge in [-0.15, -0.1) is 24.0 Å². The minimum Gasteiger partial charge on any atom is -0.380 e. The van der Waals surface area contributed by atoms with Gasteiger partial charge >= 0.3 is 0 Å². The van der Waals surface area contributed by atoms with Crippen LogP contribution in [0.25, 0.3) is 0 Å². The molecule has 21 heavy (non-hydrogen) atoms. The number of ether oxygens (including phenoxy) is 1. The van der Waals surface area contributed by atoms with Crippen molar-refractivity contribution in [3.63, 3.8) is 0 Å². The lowest BCUT2D eigenvalue weighted by Gasteiger charge is -2.21. The standard InChI is InChI=1S/C16H25N3O.HI/c1-20-13-15-9-5-4-8-14(15)12-18-16(17)19-10-6-2-3-7-11-19;/h4-5,8-9H,2-3,6-7,10-13H2,1H3,(H2,17,18);1H. The zero-order chi connectivity index (χ0) is 14.2. The normalized spacial score (nSPS) is 16.2. The molecule has 1 aromatic carbocycles. The first-order valence-electron chi connectivity index (χ1n) is 7.42. The van der Waals surface area contributed by atoms with Crippen LogP contribution in [0.4, 0.5) is 0 Å². The topological polar surface area (TPSA) is 50.9 Å². The summed E-state index contributed by atoms with van der Waals surface area (Å²) < 4.78 is 5.22. The molecule has 0 amide bonds. The molecule has 118 valence electrons. The number of aliphatic imine (C=N–C) groups is 1. The Morgan fingerprint density at radius 3 is 2.38 bits per heavy atom. The summed E-state index contributed by atoms with van der Waals surface area (Å²) in [5, 5.41) is 0. The summed E-state index contributed by atoms with van der Waals surface area (Å²) in [6.45, 7) is 3.32. The second-order valence-corrected chi connectivity index (χ2v) is 5.28. The fourth-order valence-electron chi connectivity index (χ4n) is 2.57. The van der Waals surface area contributed by atoms with Crippen molar-refractivity contribution in [2.45, 2.75) is 38.8 Å². The van der Waals surface area contributed by atoms with Crippen LogP contribution < -0.4 is 5.73 Å². The van der Waals surface area contributed by atoms with Crippen molar-refractivity contribution in [1.29, 1.82) is 0 Å². The Morgan fingerprint density at radius 1 is 1.14 bits per heavy atom. The maximum Gasteiger partial charge on any atom is 0.191 e. The van der Waals surface area contributed by atoms with Gasteiger partial charge in [0.05, 0.1) is 13.2 Å². The lowest BCUT2D eigenvalue weighted by atomic mass is 10.1. The predicted molar refractivity (Wildman–Crippen MR) is 97.9 cm³/mol. The number of guanidine groups is 1. The minimum atomic E-state index is 0. The van der Waals surface area contributed by atoms with Crippen LogP contribution >= 0.6 is 24.0 Å². The molecule has 1 aromatic rings. The summed E-state index contributed by atoms with van der Waals surface area (Å²) >= 11 is 0. The lowest BCUT2D eigenvalue weighted by Crippen LogP contribution is -2.38. The third-order valence-electron chi connectivity index (χ3n) is 3.76. The van der Waals surface area contributed by atoms with Crippen molar-refractivity contribution in [2.75, 3.05) is 20.2 Å². The molecule has 0 atom stereocenters. The van der Waals surface area contributed by atoms with Crippen molar-refractivity contribution in [3.8, 4) is 0 Å². The lowest BCUT2D eigenvalue weighted by molar-refractivity contribution is 0.184. The third kappa shape index (κ3) is 5.82. The largest absolute Gasteiger partial charge is 0.380 e. The highest BCUT2D eigenvalue weighted by atomic mass is 127. The van der Waals surface area contributed by atoms with E-state index in [1.165, 1.54) is 36.8 Å². The number of nitrogens with two attached hydrogens (primary N) is 1. The van der Waals surface area contributed by atoms with E-state index in [0.29, 0.717) is 19.1 Å². The van der Waals surface area contributed by atoms with Crippen LogP contribution in [0.5, 0.6) is 0 Å². The van der Waals surface area contributed by atoms with Gasteiger partial charge in [0.1, 0.15) is 0 Å². The fraction of sp³-hybridized carbons (Fsp3) is 0.562. The number of rotatable bonds is 4. The van der Waals surface area contributed by atoms with Crippen molar-refractivity contribution in [1.82, 2.24) is 4.90 Å². The molecule has 0 spiro atoms. The summed E-state index contributed by atoms with van der Waals surface area (Å²) in [5.74, 6) is 0.680. The molecule has 1 fully saturated rings. The van der Waals surface area contributed by atoms with Crippen molar-refractivity contribution in [2.24, 2.45) is 10.7 Å². The maximum atomic E-state index is 6.13. The summed E-state index contributed by atoms with van der Waals surface area (Å²) in [5.41, 5.74) is 8.50. The van der Waals surface area contributed by atoms with Crippen LogP contribution in [0, 0.1) is 0 Å². The average Bonchev–Trinajstić information content (AvgIpc) is 2.75. The molecule has 0 aromatic heterocycles. The second-order valence-electron chi connectivity index (χ2n) is 5.28. The molecular weight excluding hydrogens is 377 g/mol. The molecule has 2 N–H and O–H groups in total. The molecule has 1 aliphatic rings. The number of likely N-dealkylation sites (tertiary alicyclic amines) is 1. The molecule has 5 heteroatoms. The minimum absolute atomic E-state index is 0. The Labute approximate surface area is 144 Å². The van der Waals surface area contributed by atoms with Gasteiger partial charge in [0.25, 0.3) is 0 Å². The van der Waals surface area contributed by atoms with Crippen LogP contribution in [0.15, 0.2) is 29.3 Å². The van der Waals surface area contributed by atoms with Crippen molar-refractivity contribution < 1.29 is 4.74 Å². The molecule has 0 radical (unpaired) electrons. The summed E-state index contributed by atoms with van der Waals surface area (Å²) in [6, 6.07) is 8.23. The zero-order valence-corrected chi connectivity index (χ0v) is 15.1. The van der Waals surface area contributed by atoms with Crippen LogP contribution in [-0.2, 0) is 17.9 Å². The quantitative estimate of drug-likeness (QED) is 0.478. The van der Waals surface area contributed by atoms with E-state index in [9.17, 15) is 0 Å². The SMILES string of the molecule is COCc1ccccc1CN=C(N)N1CCCCCC1.I. The first kappa shape index (κ1) is 18.2. The summed E-state index contributed by atoms with van der Waals surface area (Å²) in [7, 11) is 1.71. The van der Waals surface area contributed by atoms with E-state index in [0.717, 1.165) is 13.1 Å². The van der Waals surface area contributed by atoms with Gasteiger partial charge in [-0.1, -0.05) is 37.1 Å². The Bertz CT molecular complexity index is 443. The molecule has 4 nitrogen and oxygen atoms in total. The number of hydrogen-bond acceptors (Lipinski definition) is 2. The molecular formula is C16H26IN3O. The van der Waals surface area contributed by atoms with Crippen LogP contribution in [0.1, 0.15) is 36.8 Å². The first-order chi connectivity index (χ1) is 9.81. The van der Waals surface area contributed by atoms with Gasteiger partial charge < -0.3 is 15.4 Å². The smallest absolute Gasteiger partial charge is 0.191 e. The third-order valence-corrected chi connectivity index (χ3v) is 3.76. The van der Waals surface area contributed by atoms with Gasteiger partial charge in [-0.25, -0.2) is 4.99 Å². The molecule has 0 saturated carbocycles. The molecule has 1 heterocycles. The Kier molecular flexibility index (Phi) is 8.68. The Hall–Kier alpha value is -0.820. The van der Waals surface area contributed by atoms with Gasteiger partial charge in [0, 0.05) is 20.2 Å². The van der Waals surface area contributed by atoms with E-state index in [4.69, 9.17) is 10.5 Å². The second kappa shape index (κ2) is 10.00. The van der Waals surface area contributed by atoms with E-state index < -0.39 is 0 Å². The zero-order valence-electron chi connectivity index (χ0n) is 12.8. The number of benzene rings is 1. The van der Waals surface area contributed by atoms with E-state index in [1.807, 2.05) is 12.1 Å². The van der Waals surface area contributed by atoms with E-state index in [-0.39, 0.29) is 24.0 Å². The highest BCUT2D eigenvalue weighted by Gasteiger charge is 2.10. The molecule has 1 saturated heterocycles. The van der Waals surface area contributed by atoms with Crippen LogP contribution in [0.3, 0.4) is 0 Å². The number of halogens is 1. The first-order valence-corrected chi connectivity index (χ1v) is 7.42. The van der Waals surface area contributed by atoms with E-state index >= 15 is 0 Å². The van der Waals surface area contributed by atoms with Crippen molar-refractivity contribution in [3.05, 3.63) is 35.4 Å². The van der Waals surface area contributed by atoms with Crippen LogP contribution in [0.2, 0.25) is 0 Å². The molecule has 2 rings (SSSR count). The Morgan fingerprint density at radius 2 is 1.76 bits per heavy atom. The maximum absolute atomic E-state index is 6.13. The fourth-order valence-corrected chi connectivity index (χ4v) is 2.57. The van der Waals surface area contributed by atoms with Gasteiger partial charge in [0.2, 0.25) is 0 Å². The van der Waals surface area contributed by atoms with Crippen LogP contribution in [-0.4, -0.2) is 31.1 Å². The van der Waals surface area contributed by atoms with E-state index in [1.54, 1.807) is 7.11 Å². The molecule has 0 bridgehead atoms. The van der Waals surface area contributed by atoms with Gasteiger partial charge in [-0.2, -0.15) is 0 Å². The molecule has 1 aliphatic heterocycles. The number of nitrogens with zero attached hydrogens (tertiary/aromatic N) is 2. The Balaban J connectivity index is 0.00000220. The summed E-state index contributed by atoms with van der Waals surface area (Å²) in [4.78, 5) is 6.78. The van der Waals surface area contributed by atoms with Crippen molar-refractivity contribution >= 4 is 29.9 Å². The van der Waals surface area contributed by atoms with Gasteiger partial charge in [-0.3, -0.25) is 0 Å². The van der Waals surface area contributed by atoms with Gasteiger partial charge in [-0.05, 0) is 24.0 Å². The predicted octanol–water partition coefficient (Wildman–Crippen LogP) is 3.14. The number of hydrogen-bond donors (Lipinski definition) is 1. The number of methoxy groups -OCH3 is 1. The highest BCUT2D eigenvalue weighted by Crippen LogP contribution is 2.12. The van der Waals surface area contributed by atoms with Gasteiger partial charge in [0.15, 0.2) is 5.96 Å². The van der Waals surface area contributed by atoms with E-state index in [2.05, 4.69) is 22.0 Å². The summed E-state index contributed by atoms with van der Waals surface area (Å²) in [6.07, 6.45) is 5.05. The average molecular weight is 403 g/mol. The molecule has 0 unspecified atom stereocenters. The monoisotopic (exact) mass is 403 g/mol.